The van der Waals surface area contributed by atoms with Gasteiger partial charge < -0.3 is 14.7 Å². The lowest BCUT2D eigenvalue weighted by molar-refractivity contribution is -0.131. The number of hydrogen-bond donors (Lipinski definition) is 1. The van der Waals surface area contributed by atoms with Crippen LogP contribution in [0.1, 0.15) is 13.3 Å². The summed E-state index contributed by atoms with van der Waals surface area (Å²) < 4.78 is 5.75. The lowest BCUT2D eigenvalue weighted by Gasteiger charge is -2.33. The molecular weight excluding hydrogens is 246 g/mol. The molecule has 19 heavy (non-hydrogen) atoms. The van der Waals surface area contributed by atoms with Crippen LogP contribution in [0.5, 0.6) is 5.75 Å². The molecule has 1 atom stereocenters. The Morgan fingerprint density at radius 1 is 1.42 bits per heavy atom. The predicted molar refractivity (Wildman–Crippen MR) is 70.3 cm³/mol. The Morgan fingerprint density at radius 3 is 2.84 bits per heavy atom. The molecule has 5 nitrogen and oxygen atoms in total. The van der Waals surface area contributed by atoms with Gasteiger partial charge in [0.1, 0.15) is 11.9 Å². The molecule has 1 amide bonds. The van der Waals surface area contributed by atoms with Gasteiger partial charge in [-0.25, -0.2) is 4.79 Å². The fourth-order valence-corrected chi connectivity index (χ4v) is 1.95. The molecule has 0 saturated heterocycles. The van der Waals surface area contributed by atoms with E-state index in [0.717, 1.165) is 18.6 Å². The van der Waals surface area contributed by atoms with Crippen LogP contribution in [-0.4, -0.2) is 29.6 Å². The molecule has 1 aliphatic rings. The number of carbonyl (C=O) groups is 2. The van der Waals surface area contributed by atoms with Crippen LogP contribution in [0.3, 0.4) is 0 Å². The smallest absolute Gasteiger partial charge is 0.328 e. The van der Waals surface area contributed by atoms with E-state index in [1.54, 1.807) is 17.0 Å². The number of carboxylic acid groups (broad SMARTS) is 1. The number of anilines is 1. The topological polar surface area (TPSA) is 66.8 Å². The highest BCUT2D eigenvalue weighted by Gasteiger charge is 2.27. The number of amides is 1. The van der Waals surface area contributed by atoms with Gasteiger partial charge in [-0.05, 0) is 18.6 Å². The van der Waals surface area contributed by atoms with Gasteiger partial charge in [-0.2, -0.15) is 0 Å². The van der Waals surface area contributed by atoms with Crippen molar-refractivity contribution in [3.8, 4) is 5.75 Å². The van der Waals surface area contributed by atoms with Gasteiger partial charge in [-0.3, -0.25) is 4.79 Å². The minimum Gasteiger partial charge on any atom is -0.486 e. The van der Waals surface area contributed by atoms with Crippen LogP contribution in [0.2, 0.25) is 0 Å². The van der Waals surface area contributed by atoms with E-state index in [4.69, 9.17) is 9.84 Å². The molecule has 1 N–H and O–H groups in total. The molecule has 1 aromatic carbocycles. The summed E-state index contributed by atoms with van der Waals surface area (Å²) in [5, 5.41) is 8.57. The summed E-state index contributed by atoms with van der Waals surface area (Å²) >= 11 is 0. The molecule has 0 fully saturated rings. The first-order valence-electron chi connectivity index (χ1n) is 6.10. The van der Waals surface area contributed by atoms with Crippen LogP contribution in [0, 0.1) is 0 Å². The van der Waals surface area contributed by atoms with Crippen LogP contribution < -0.4 is 9.64 Å². The number of ether oxygens (including phenoxy) is 1. The molecule has 2 rings (SSSR count). The van der Waals surface area contributed by atoms with Gasteiger partial charge in [0.15, 0.2) is 0 Å². The van der Waals surface area contributed by atoms with Gasteiger partial charge in [0.05, 0.1) is 12.2 Å². The van der Waals surface area contributed by atoms with E-state index in [1.807, 2.05) is 19.1 Å². The van der Waals surface area contributed by atoms with Crippen molar-refractivity contribution in [2.45, 2.75) is 19.4 Å². The number of para-hydroxylation sites is 2. The third-order valence-corrected chi connectivity index (χ3v) is 2.93. The van der Waals surface area contributed by atoms with Crippen LogP contribution in [-0.2, 0) is 9.59 Å². The summed E-state index contributed by atoms with van der Waals surface area (Å²) in [6, 6.07) is 7.24. The Bertz CT molecular complexity index is 524. The maximum Gasteiger partial charge on any atom is 0.328 e. The van der Waals surface area contributed by atoms with Crippen molar-refractivity contribution in [1.82, 2.24) is 0 Å². The third kappa shape index (κ3) is 2.93. The number of carboxylic acids is 1. The van der Waals surface area contributed by atoms with Crippen molar-refractivity contribution in [1.29, 1.82) is 0 Å². The summed E-state index contributed by atoms with van der Waals surface area (Å²) in [4.78, 5) is 24.1. The first kappa shape index (κ1) is 13.1. The number of aliphatic carboxylic acids is 1. The summed E-state index contributed by atoms with van der Waals surface area (Å²) in [5.41, 5.74) is 0.673. The molecule has 0 spiro atoms. The number of nitrogens with zero attached hydrogens (tertiary/aromatic N) is 1. The second kappa shape index (κ2) is 5.56. The zero-order valence-electron chi connectivity index (χ0n) is 10.6. The first-order chi connectivity index (χ1) is 9.11. The van der Waals surface area contributed by atoms with Crippen molar-refractivity contribution in [3.63, 3.8) is 0 Å². The van der Waals surface area contributed by atoms with Crippen LogP contribution >= 0.6 is 0 Å². The van der Waals surface area contributed by atoms with E-state index in [2.05, 4.69) is 0 Å². The second-order valence-corrected chi connectivity index (χ2v) is 4.24. The highest BCUT2D eigenvalue weighted by molar-refractivity contribution is 6.05. The normalized spacial score (nSPS) is 17.9. The number of fused-ring (bicyclic) bond motifs is 1. The molecule has 1 aliphatic heterocycles. The van der Waals surface area contributed by atoms with E-state index in [9.17, 15) is 9.59 Å². The lowest BCUT2D eigenvalue weighted by Crippen LogP contribution is -2.42. The van der Waals surface area contributed by atoms with E-state index >= 15 is 0 Å². The van der Waals surface area contributed by atoms with Crippen LogP contribution in [0.4, 0.5) is 5.69 Å². The van der Waals surface area contributed by atoms with E-state index in [-0.39, 0.29) is 12.0 Å². The molecular formula is C14H15NO4. The molecule has 0 aromatic heterocycles. The molecule has 0 aliphatic carbocycles. The Kier molecular flexibility index (Phi) is 3.85. The highest BCUT2D eigenvalue weighted by atomic mass is 16.5. The molecule has 1 heterocycles. The lowest BCUT2D eigenvalue weighted by atomic mass is 10.1. The number of rotatable bonds is 3. The van der Waals surface area contributed by atoms with Gasteiger partial charge >= 0.3 is 5.97 Å². The summed E-state index contributed by atoms with van der Waals surface area (Å²) in [5.74, 6) is -0.837. The average Bonchev–Trinajstić information content (AvgIpc) is 2.43. The monoisotopic (exact) mass is 261 g/mol. The molecule has 0 saturated carbocycles. The molecule has 0 radical (unpaired) electrons. The van der Waals surface area contributed by atoms with Gasteiger partial charge in [0.25, 0.3) is 5.91 Å². The molecule has 100 valence electrons. The predicted octanol–water partition coefficient (Wildman–Crippen LogP) is 1.83. The van der Waals surface area contributed by atoms with Crippen molar-refractivity contribution in [2.24, 2.45) is 0 Å². The van der Waals surface area contributed by atoms with Crippen molar-refractivity contribution < 1.29 is 19.4 Å². The SMILES string of the molecule is CCC1CN(C(=O)/C=C/C(=O)O)c2ccccc2O1. The number of hydrogen-bond acceptors (Lipinski definition) is 3. The fraction of sp³-hybridized carbons (Fsp3) is 0.286. The maximum absolute atomic E-state index is 12.0. The Balaban J connectivity index is 2.29. The van der Waals surface area contributed by atoms with Gasteiger partial charge in [-0.15, -0.1) is 0 Å². The first-order valence-corrected chi connectivity index (χ1v) is 6.10. The molecule has 0 bridgehead atoms. The summed E-state index contributed by atoms with van der Waals surface area (Å²) in [7, 11) is 0. The fourth-order valence-electron chi connectivity index (χ4n) is 1.95. The zero-order valence-corrected chi connectivity index (χ0v) is 10.6. The zero-order chi connectivity index (χ0) is 13.8. The van der Waals surface area contributed by atoms with Gasteiger partial charge in [0.2, 0.25) is 0 Å². The van der Waals surface area contributed by atoms with Gasteiger partial charge in [-0.1, -0.05) is 19.1 Å². The minimum atomic E-state index is -1.14. The van der Waals surface area contributed by atoms with Crippen LogP contribution in [0.25, 0.3) is 0 Å². The summed E-state index contributed by atoms with van der Waals surface area (Å²) in [6.07, 6.45) is 2.62. The van der Waals surface area contributed by atoms with E-state index in [1.165, 1.54) is 0 Å². The number of benzene rings is 1. The van der Waals surface area contributed by atoms with Crippen molar-refractivity contribution in [2.75, 3.05) is 11.4 Å². The Hall–Kier alpha value is -2.30. The summed E-state index contributed by atoms with van der Waals surface area (Å²) in [6.45, 7) is 2.41. The third-order valence-electron chi connectivity index (χ3n) is 2.93. The van der Waals surface area contributed by atoms with E-state index < -0.39 is 5.97 Å². The molecule has 1 unspecified atom stereocenters. The number of carbonyl (C=O) groups excluding carboxylic acids is 1. The van der Waals surface area contributed by atoms with Crippen molar-refractivity contribution >= 4 is 17.6 Å². The largest absolute Gasteiger partial charge is 0.486 e. The molecule has 5 heteroatoms. The highest BCUT2D eigenvalue weighted by Crippen LogP contribution is 2.33. The maximum atomic E-state index is 12.0. The molecule has 1 aromatic rings. The van der Waals surface area contributed by atoms with E-state index in [0.29, 0.717) is 18.0 Å². The van der Waals surface area contributed by atoms with Crippen molar-refractivity contribution in [3.05, 3.63) is 36.4 Å². The van der Waals surface area contributed by atoms with Crippen LogP contribution in [0.15, 0.2) is 36.4 Å². The average molecular weight is 261 g/mol. The minimum absolute atomic E-state index is 0.0721. The second-order valence-electron chi connectivity index (χ2n) is 4.24. The van der Waals surface area contributed by atoms with Gasteiger partial charge in [0, 0.05) is 12.2 Å². The quantitative estimate of drug-likeness (QED) is 0.843. The Morgan fingerprint density at radius 2 is 2.16 bits per heavy atom. The Labute approximate surface area is 111 Å². The standard InChI is InChI=1S/C14H15NO4/c1-2-10-9-15(13(16)7-8-14(17)18)11-5-3-4-6-12(11)19-10/h3-8,10H,2,9H2,1H3,(H,17,18)/b8-7+.